The van der Waals surface area contributed by atoms with E-state index in [-0.39, 0.29) is 0 Å². The first kappa shape index (κ1) is 12.3. The highest BCUT2D eigenvalue weighted by atomic mass is 16.5. The average molecular weight is 205 g/mol. The van der Waals surface area contributed by atoms with Crippen molar-refractivity contribution in [3.8, 4) is 0 Å². The van der Waals surface area contributed by atoms with E-state index >= 15 is 0 Å². The van der Waals surface area contributed by atoms with E-state index in [1.165, 1.54) is 24.8 Å². The molecule has 1 atom stereocenters. The van der Waals surface area contributed by atoms with Gasteiger partial charge in [0.15, 0.2) is 0 Å². The number of rotatable bonds is 7. The van der Waals surface area contributed by atoms with Crippen molar-refractivity contribution in [3.63, 3.8) is 0 Å². The molecule has 0 bridgehead atoms. The number of hydrogen-bond acceptors (Lipinski definition) is 1. The van der Waals surface area contributed by atoms with Crippen molar-refractivity contribution in [2.75, 3.05) is 6.61 Å². The van der Waals surface area contributed by atoms with Crippen molar-refractivity contribution in [1.29, 1.82) is 0 Å². The topological polar surface area (TPSA) is 9.23 Å². The van der Waals surface area contributed by atoms with E-state index in [9.17, 15) is 0 Å². The first-order valence-corrected chi connectivity index (χ1v) is 5.93. The number of unbranched alkanes of at least 4 members (excludes halogenated alkanes) is 1. The van der Waals surface area contributed by atoms with Crippen LogP contribution in [-0.2, 0) is 11.2 Å². The molecule has 1 heteroatoms. The van der Waals surface area contributed by atoms with Crippen molar-refractivity contribution in [3.05, 3.63) is 35.9 Å². The smallest absolute Gasteiger partial charge is 0.0615 e. The molecule has 1 nitrogen and oxygen atoms in total. The van der Waals surface area contributed by atoms with Crippen LogP contribution in [0.4, 0.5) is 0 Å². The molecule has 0 aliphatic rings. The van der Waals surface area contributed by atoms with Crippen LogP contribution in [0.2, 0.25) is 0 Å². The van der Waals surface area contributed by atoms with Gasteiger partial charge in [-0.2, -0.15) is 0 Å². The Kier molecular flexibility index (Phi) is 6.10. The van der Waals surface area contributed by atoms with Crippen LogP contribution in [0.5, 0.6) is 0 Å². The van der Waals surface area contributed by atoms with Gasteiger partial charge < -0.3 is 4.74 Å². The molecule has 1 rings (SSSR count). The second-order valence-electron chi connectivity index (χ2n) is 3.83. The predicted molar refractivity (Wildman–Crippen MR) is 63.9 cm³/mol. The van der Waals surface area contributed by atoms with Crippen molar-refractivity contribution >= 4 is 0 Å². The minimum atomic E-state index is 0.386. The highest BCUT2D eigenvalue weighted by molar-refractivity contribution is 5.14. The van der Waals surface area contributed by atoms with Crippen LogP contribution in [-0.4, -0.2) is 12.7 Å². The fourth-order valence-electron chi connectivity index (χ4n) is 1.73. The summed E-state index contributed by atoms with van der Waals surface area (Å²) in [6.07, 6.45) is 5.08. The lowest BCUT2D eigenvalue weighted by Gasteiger charge is -2.16. The van der Waals surface area contributed by atoms with Gasteiger partial charge in [-0.05, 0) is 31.4 Å². The Morgan fingerprint density at radius 3 is 2.60 bits per heavy atom. The van der Waals surface area contributed by atoms with Gasteiger partial charge in [0.05, 0.1) is 6.10 Å². The quantitative estimate of drug-likeness (QED) is 0.660. The van der Waals surface area contributed by atoms with E-state index in [1.807, 2.05) is 12.1 Å². The SMILES string of the molecule is CCCCC(Cc1cc[c]cc1)OCC. The zero-order valence-electron chi connectivity index (χ0n) is 9.83. The maximum absolute atomic E-state index is 5.74. The molecule has 0 N–H and O–H groups in total. The zero-order valence-corrected chi connectivity index (χ0v) is 9.83. The maximum Gasteiger partial charge on any atom is 0.0615 e. The third-order valence-corrected chi connectivity index (χ3v) is 2.53. The Morgan fingerprint density at radius 2 is 2.00 bits per heavy atom. The molecule has 0 amide bonds. The molecule has 1 unspecified atom stereocenters. The molecule has 0 aromatic heterocycles. The van der Waals surface area contributed by atoms with Gasteiger partial charge in [-0.3, -0.25) is 0 Å². The second-order valence-corrected chi connectivity index (χ2v) is 3.83. The van der Waals surface area contributed by atoms with Crippen LogP contribution in [0.3, 0.4) is 0 Å². The normalized spacial score (nSPS) is 12.7. The minimum absolute atomic E-state index is 0.386. The lowest BCUT2D eigenvalue weighted by molar-refractivity contribution is 0.0556. The van der Waals surface area contributed by atoms with Crippen LogP contribution >= 0.6 is 0 Å². The summed E-state index contributed by atoms with van der Waals surface area (Å²) in [5.74, 6) is 0. The van der Waals surface area contributed by atoms with Crippen LogP contribution < -0.4 is 0 Å². The van der Waals surface area contributed by atoms with Gasteiger partial charge in [0.2, 0.25) is 0 Å². The van der Waals surface area contributed by atoms with Gasteiger partial charge in [-0.25, -0.2) is 0 Å². The van der Waals surface area contributed by atoms with Crippen LogP contribution in [0.1, 0.15) is 38.7 Å². The summed E-state index contributed by atoms with van der Waals surface area (Å²) in [5, 5.41) is 0. The van der Waals surface area contributed by atoms with Crippen molar-refractivity contribution < 1.29 is 4.74 Å². The Morgan fingerprint density at radius 1 is 1.27 bits per heavy atom. The summed E-state index contributed by atoms with van der Waals surface area (Å²) >= 11 is 0. The van der Waals surface area contributed by atoms with Crippen LogP contribution in [0.15, 0.2) is 24.3 Å². The van der Waals surface area contributed by atoms with E-state index in [1.54, 1.807) is 0 Å². The third kappa shape index (κ3) is 4.98. The fraction of sp³-hybridized carbons (Fsp3) is 0.571. The zero-order chi connectivity index (χ0) is 10.9. The summed E-state index contributed by atoms with van der Waals surface area (Å²) in [7, 11) is 0. The molecular formula is C14H21O. The van der Waals surface area contributed by atoms with Gasteiger partial charge >= 0.3 is 0 Å². The number of hydrogen-bond donors (Lipinski definition) is 0. The molecule has 0 fully saturated rings. The first-order chi connectivity index (χ1) is 7.36. The molecule has 0 heterocycles. The standard InChI is InChI=1S/C14H21O/c1-3-5-11-14(15-4-2)12-13-9-7-6-8-10-13/h7-10,14H,3-5,11-12H2,1-2H3. The molecule has 0 saturated heterocycles. The Hall–Kier alpha value is -0.820. The predicted octanol–water partition coefficient (Wildman–Crippen LogP) is 3.62. The fourth-order valence-corrected chi connectivity index (χ4v) is 1.73. The summed E-state index contributed by atoms with van der Waals surface area (Å²) in [6, 6.07) is 11.2. The summed E-state index contributed by atoms with van der Waals surface area (Å²) < 4.78 is 5.74. The van der Waals surface area contributed by atoms with Crippen molar-refractivity contribution in [1.82, 2.24) is 0 Å². The molecule has 0 saturated carbocycles. The summed E-state index contributed by atoms with van der Waals surface area (Å²) in [4.78, 5) is 0. The van der Waals surface area contributed by atoms with Gasteiger partial charge in [0, 0.05) is 6.61 Å². The van der Waals surface area contributed by atoms with E-state index in [0.29, 0.717) is 6.10 Å². The number of ether oxygens (including phenoxy) is 1. The molecule has 15 heavy (non-hydrogen) atoms. The van der Waals surface area contributed by atoms with Gasteiger partial charge in [-0.15, -0.1) is 0 Å². The van der Waals surface area contributed by atoms with Crippen LogP contribution in [0.25, 0.3) is 0 Å². The second kappa shape index (κ2) is 7.47. The Labute approximate surface area is 93.5 Å². The molecule has 83 valence electrons. The van der Waals surface area contributed by atoms with Gasteiger partial charge in [-0.1, -0.05) is 44.0 Å². The van der Waals surface area contributed by atoms with Gasteiger partial charge in [0.1, 0.15) is 0 Å². The monoisotopic (exact) mass is 205 g/mol. The third-order valence-electron chi connectivity index (χ3n) is 2.53. The lowest BCUT2D eigenvalue weighted by Crippen LogP contribution is -2.16. The minimum Gasteiger partial charge on any atom is -0.378 e. The lowest BCUT2D eigenvalue weighted by atomic mass is 10.0. The first-order valence-electron chi connectivity index (χ1n) is 5.93. The molecule has 0 aliphatic heterocycles. The molecule has 0 spiro atoms. The maximum atomic E-state index is 5.74. The van der Waals surface area contributed by atoms with Crippen molar-refractivity contribution in [2.45, 2.75) is 45.6 Å². The largest absolute Gasteiger partial charge is 0.378 e. The van der Waals surface area contributed by atoms with E-state index in [2.05, 4.69) is 32.0 Å². The summed E-state index contributed by atoms with van der Waals surface area (Å²) in [5.41, 5.74) is 1.35. The van der Waals surface area contributed by atoms with E-state index in [0.717, 1.165) is 13.0 Å². The Bertz CT molecular complexity index is 243. The van der Waals surface area contributed by atoms with E-state index in [4.69, 9.17) is 4.74 Å². The number of benzene rings is 1. The summed E-state index contributed by atoms with van der Waals surface area (Å²) in [6.45, 7) is 5.10. The van der Waals surface area contributed by atoms with Crippen molar-refractivity contribution in [2.24, 2.45) is 0 Å². The highest BCUT2D eigenvalue weighted by Gasteiger charge is 2.08. The van der Waals surface area contributed by atoms with Crippen LogP contribution in [0, 0.1) is 6.07 Å². The average Bonchev–Trinajstić information content (AvgIpc) is 2.28. The molecule has 1 aromatic rings. The van der Waals surface area contributed by atoms with Gasteiger partial charge in [0.25, 0.3) is 0 Å². The van der Waals surface area contributed by atoms with E-state index < -0.39 is 0 Å². The molecular weight excluding hydrogens is 184 g/mol. The Balaban J connectivity index is 2.43. The highest BCUT2D eigenvalue weighted by Crippen LogP contribution is 2.11. The molecule has 1 aromatic carbocycles. The molecule has 0 aliphatic carbocycles. The molecule has 1 radical (unpaired) electrons.